The van der Waals surface area contributed by atoms with E-state index in [1.807, 2.05) is 30.3 Å². The van der Waals surface area contributed by atoms with Crippen LogP contribution in [0.1, 0.15) is 23.8 Å². The number of rotatable bonds is 7. The molecule has 0 amide bonds. The zero-order valence-corrected chi connectivity index (χ0v) is 15.2. The molecular weight excluding hydrogens is 334 g/mol. The summed E-state index contributed by atoms with van der Waals surface area (Å²) in [5.74, 6) is 0.855. The normalized spacial score (nSPS) is 16.3. The molecule has 5 nitrogen and oxygen atoms in total. The highest BCUT2D eigenvalue weighted by Gasteiger charge is 2.18. The number of thiocarbonyl (C=S) groups is 1. The van der Waals surface area contributed by atoms with Gasteiger partial charge in [0.25, 0.3) is 0 Å². The second kappa shape index (κ2) is 9.56. The number of hydrogen-bond donors (Lipinski definition) is 3. The first-order valence-electron chi connectivity index (χ1n) is 8.87. The standard InChI is InChI=1S/C19H25N3O2S/c25-19(20-9-5-10-22-11-14-23-15-12-22)21-18(17-8-4-13-24-17)16-6-2-1-3-7-16/h1-4,6-8,13,18H,5,9-12,14-15H2,(H2,20,21,25)/p+1/t18-/m1/s1. The molecule has 0 saturated carbocycles. The Hall–Kier alpha value is -1.89. The van der Waals surface area contributed by atoms with Gasteiger partial charge in [0.2, 0.25) is 0 Å². The quantitative estimate of drug-likeness (QED) is 0.511. The van der Waals surface area contributed by atoms with Crippen molar-refractivity contribution >= 4 is 17.3 Å². The van der Waals surface area contributed by atoms with Crippen molar-refractivity contribution in [1.29, 1.82) is 0 Å². The van der Waals surface area contributed by atoms with E-state index in [-0.39, 0.29) is 6.04 Å². The Labute approximate surface area is 154 Å². The zero-order valence-electron chi connectivity index (χ0n) is 14.4. The van der Waals surface area contributed by atoms with Gasteiger partial charge in [-0.1, -0.05) is 30.3 Å². The van der Waals surface area contributed by atoms with E-state index in [2.05, 4.69) is 22.8 Å². The zero-order chi connectivity index (χ0) is 17.3. The largest absolute Gasteiger partial charge is 0.467 e. The van der Waals surface area contributed by atoms with Crippen molar-refractivity contribution in [3.05, 3.63) is 60.1 Å². The SMILES string of the molecule is S=C(NCCC[NH+]1CCOCC1)N[C@H](c1ccccc1)c1ccco1. The van der Waals surface area contributed by atoms with E-state index in [9.17, 15) is 0 Å². The lowest BCUT2D eigenvalue weighted by Crippen LogP contribution is -3.14. The first kappa shape index (κ1) is 17.9. The maximum atomic E-state index is 5.59. The van der Waals surface area contributed by atoms with Crippen LogP contribution in [0, 0.1) is 0 Å². The summed E-state index contributed by atoms with van der Waals surface area (Å²) in [6.07, 6.45) is 2.78. The van der Waals surface area contributed by atoms with Crippen LogP contribution in [0.4, 0.5) is 0 Å². The summed E-state index contributed by atoms with van der Waals surface area (Å²) in [5.41, 5.74) is 1.12. The number of benzene rings is 1. The molecule has 1 fully saturated rings. The van der Waals surface area contributed by atoms with E-state index in [0.29, 0.717) is 5.11 Å². The van der Waals surface area contributed by atoms with Gasteiger partial charge in [-0.25, -0.2) is 0 Å². The van der Waals surface area contributed by atoms with Crippen LogP contribution in [0.5, 0.6) is 0 Å². The van der Waals surface area contributed by atoms with Crippen molar-refractivity contribution < 1.29 is 14.1 Å². The van der Waals surface area contributed by atoms with Crippen LogP contribution >= 0.6 is 12.2 Å². The lowest BCUT2D eigenvalue weighted by Gasteiger charge is -2.24. The summed E-state index contributed by atoms with van der Waals surface area (Å²) in [6.45, 7) is 6.00. The van der Waals surface area contributed by atoms with Gasteiger partial charge in [-0.3, -0.25) is 0 Å². The summed E-state index contributed by atoms with van der Waals surface area (Å²) >= 11 is 5.48. The third-order valence-corrected chi connectivity index (χ3v) is 4.69. The van der Waals surface area contributed by atoms with Crippen LogP contribution in [0.25, 0.3) is 0 Å². The van der Waals surface area contributed by atoms with Gasteiger partial charge in [0, 0.05) is 13.0 Å². The molecule has 1 saturated heterocycles. The van der Waals surface area contributed by atoms with Gasteiger partial charge in [-0.05, 0) is 29.9 Å². The molecular formula is C19H26N3O2S+. The smallest absolute Gasteiger partial charge is 0.167 e. The number of morpholine rings is 1. The first-order chi connectivity index (χ1) is 12.3. The van der Waals surface area contributed by atoms with E-state index < -0.39 is 0 Å². The Morgan fingerprint density at radius 1 is 1.12 bits per heavy atom. The van der Waals surface area contributed by atoms with Gasteiger partial charge in [-0.2, -0.15) is 0 Å². The molecule has 0 unspecified atom stereocenters. The Balaban J connectivity index is 1.47. The van der Waals surface area contributed by atoms with Gasteiger partial charge in [0.1, 0.15) is 24.9 Å². The molecule has 0 radical (unpaired) electrons. The second-order valence-corrected chi connectivity index (χ2v) is 6.63. The molecule has 1 aromatic carbocycles. The summed E-state index contributed by atoms with van der Waals surface area (Å²) in [6, 6.07) is 14.0. The molecule has 0 spiro atoms. The summed E-state index contributed by atoms with van der Waals surface area (Å²) in [4.78, 5) is 1.62. The average molecular weight is 361 g/mol. The van der Waals surface area contributed by atoms with Crippen LogP contribution in [-0.2, 0) is 4.74 Å². The summed E-state index contributed by atoms with van der Waals surface area (Å²) < 4.78 is 11.0. The van der Waals surface area contributed by atoms with Crippen molar-refractivity contribution in [2.75, 3.05) is 39.4 Å². The number of nitrogens with one attached hydrogen (secondary N) is 3. The van der Waals surface area contributed by atoms with Crippen LogP contribution in [0.2, 0.25) is 0 Å². The Morgan fingerprint density at radius 2 is 1.92 bits per heavy atom. The monoisotopic (exact) mass is 360 g/mol. The van der Waals surface area contributed by atoms with Crippen molar-refractivity contribution in [2.24, 2.45) is 0 Å². The topological polar surface area (TPSA) is 50.9 Å². The second-order valence-electron chi connectivity index (χ2n) is 6.23. The minimum absolute atomic E-state index is 0.0823. The fourth-order valence-electron chi connectivity index (χ4n) is 3.05. The van der Waals surface area contributed by atoms with E-state index >= 15 is 0 Å². The van der Waals surface area contributed by atoms with E-state index in [1.165, 1.54) is 0 Å². The van der Waals surface area contributed by atoms with Crippen molar-refractivity contribution in [3.8, 4) is 0 Å². The molecule has 3 N–H and O–H groups in total. The summed E-state index contributed by atoms with van der Waals surface area (Å²) in [7, 11) is 0. The number of furan rings is 1. The van der Waals surface area contributed by atoms with Crippen LogP contribution in [0.15, 0.2) is 53.1 Å². The van der Waals surface area contributed by atoms with Crippen LogP contribution in [0.3, 0.4) is 0 Å². The third kappa shape index (κ3) is 5.56. The molecule has 6 heteroatoms. The molecule has 0 aliphatic carbocycles. The average Bonchev–Trinajstić information content (AvgIpc) is 3.19. The van der Waals surface area contributed by atoms with Gasteiger partial charge in [0.15, 0.2) is 5.11 Å². The maximum absolute atomic E-state index is 5.59. The highest BCUT2D eigenvalue weighted by atomic mass is 32.1. The number of quaternary nitrogens is 1. The van der Waals surface area contributed by atoms with E-state index in [4.69, 9.17) is 21.4 Å². The number of hydrogen-bond acceptors (Lipinski definition) is 3. The molecule has 0 bridgehead atoms. The van der Waals surface area contributed by atoms with Crippen molar-refractivity contribution in [2.45, 2.75) is 12.5 Å². The van der Waals surface area contributed by atoms with E-state index in [1.54, 1.807) is 11.2 Å². The van der Waals surface area contributed by atoms with Gasteiger partial charge in [0.05, 0.1) is 26.0 Å². The molecule has 3 rings (SSSR count). The minimum atomic E-state index is -0.0823. The van der Waals surface area contributed by atoms with Gasteiger partial charge in [-0.15, -0.1) is 0 Å². The fraction of sp³-hybridized carbons (Fsp3) is 0.421. The third-order valence-electron chi connectivity index (χ3n) is 4.43. The molecule has 2 aromatic rings. The molecule has 134 valence electrons. The molecule has 1 atom stereocenters. The van der Waals surface area contributed by atoms with Crippen molar-refractivity contribution in [1.82, 2.24) is 10.6 Å². The highest BCUT2D eigenvalue weighted by molar-refractivity contribution is 7.80. The Morgan fingerprint density at radius 3 is 2.64 bits per heavy atom. The number of ether oxygens (including phenoxy) is 1. The predicted octanol–water partition coefficient (Wildman–Crippen LogP) is 1.14. The Kier molecular flexibility index (Phi) is 6.85. The highest BCUT2D eigenvalue weighted by Crippen LogP contribution is 2.22. The fourth-order valence-corrected chi connectivity index (χ4v) is 3.27. The first-order valence-corrected chi connectivity index (χ1v) is 9.28. The maximum Gasteiger partial charge on any atom is 0.167 e. The molecule has 1 aliphatic heterocycles. The molecule has 1 aliphatic rings. The van der Waals surface area contributed by atoms with Crippen LogP contribution < -0.4 is 15.5 Å². The Bertz CT molecular complexity index is 627. The lowest BCUT2D eigenvalue weighted by molar-refractivity contribution is -0.908. The van der Waals surface area contributed by atoms with Crippen molar-refractivity contribution in [3.63, 3.8) is 0 Å². The van der Waals surface area contributed by atoms with E-state index in [0.717, 1.165) is 57.1 Å². The van der Waals surface area contributed by atoms with Gasteiger partial charge >= 0.3 is 0 Å². The molecule has 2 heterocycles. The van der Waals surface area contributed by atoms with Gasteiger partial charge < -0.3 is 24.7 Å². The predicted molar refractivity (Wildman–Crippen MR) is 102 cm³/mol. The lowest BCUT2D eigenvalue weighted by atomic mass is 10.1. The molecule has 25 heavy (non-hydrogen) atoms. The summed E-state index contributed by atoms with van der Waals surface area (Å²) in [5, 5.41) is 7.35. The van der Waals surface area contributed by atoms with Crippen LogP contribution in [-0.4, -0.2) is 44.5 Å². The minimum Gasteiger partial charge on any atom is -0.467 e. The molecule has 1 aromatic heterocycles.